The number of aryl methyl sites for hydroxylation is 1. The summed E-state index contributed by atoms with van der Waals surface area (Å²) in [6.45, 7) is 6.21. The first-order valence-corrected chi connectivity index (χ1v) is 9.14. The van der Waals surface area contributed by atoms with Crippen LogP contribution in [0.5, 0.6) is 0 Å². The van der Waals surface area contributed by atoms with Crippen molar-refractivity contribution in [3.63, 3.8) is 0 Å². The highest BCUT2D eigenvalue weighted by Crippen LogP contribution is 2.45. The summed E-state index contributed by atoms with van der Waals surface area (Å²) in [6.07, 6.45) is 0. The van der Waals surface area contributed by atoms with E-state index in [9.17, 15) is 0 Å². The highest BCUT2D eigenvalue weighted by atomic mass is 14.2. The van der Waals surface area contributed by atoms with Gasteiger partial charge >= 0.3 is 0 Å². The zero-order chi connectivity index (χ0) is 17.1. The Bertz CT molecular complexity index is 1350. The highest BCUT2D eigenvalue weighted by Gasteiger charge is 2.16. The van der Waals surface area contributed by atoms with Crippen LogP contribution in [0.2, 0.25) is 0 Å². The molecule has 0 aliphatic rings. The van der Waals surface area contributed by atoms with E-state index in [0.29, 0.717) is 0 Å². The van der Waals surface area contributed by atoms with Gasteiger partial charge in [0.05, 0.1) is 0 Å². The van der Waals surface area contributed by atoms with E-state index in [1.807, 2.05) is 13.8 Å². The van der Waals surface area contributed by atoms with Crippen LogP contribution >= 0.6 is 0 Å². The third-order valence-corrected chi connectivity index (χ3v) is 5.49. The Kier molecular flexibility index (Phi) is 2.93. The number of rotatable bonds is 0. The van der Waals surface area contributed by atoms with Gasteiger partial charge in [-0.05, 0) is 66.3 Å². The van der Waals surface area contributed by atoms with Gasteiger partial charge in [-0.25, -0.2) is 0 Å². The molecule has 0 nitrogen and oxygen atoms in total. The molecule has 0 radical (unpaired) electrons. The molecule has 0 heterocycles. The molecule has 6 rings (SSSR count). The summed E-state index contributed by atoms with van der Waals surface area (Å²) in [7, 11) is 0. The van der Waals surface area contributed by atoms with Gasteiger partial charge in [-0.2, -0.15) is 0 Å². The Morgan fingerprint density at radius 3 is 1.68 bits per heavy atom. The van der Waals surface area contributed by atoms with Gasteiger partial charge in [-0.1, -0.05) is 80.6 Å². The first-order valence-electron chi connectivity index (χ1n) is 9.14. The number of benzene rings is 6. The summed E-state index contributed by atoms with van der Waals surface area (Å²) in [5.74, 6) is 0. The highest BCUT2D eigenvalue weighted by molar-refractivity contribution is 6.39. The molecule has 0 fully saturated rings. The van der Waals surface area contributed by atoms with E-state index in [-0.39, 0.29) is 0 Å². The molecule has 0 aliphatic carbocycles. The summed E-state index contributed by atoms with van der Waals surface area (Å²) in [4.78, 5) is 0. The number of fused-ring (bicyclic) bond motifs is 1. The van der Waals surface area contributed by atoms with Crippen LogP contribution in [0, 0.1) is 6.92 Å². The Morgan fingerprint density at radius 2 is 0.960 bits per heavy atom. The summed E-state index contributed by atoms with van der Waals surface area (Å²) >= 11 is 0. The second-order valence-electron chi connectivity index (χ2n) is 6.65. The minimum Gasteiger partial charge on any atom is -0.0683 e. The molecule has 0 unspecified atom stereocenters. The van der Waals surface area contributed by atoms with Crippen molar-refractivity contribution in [1.82, 2.24) is 0 Å². The summed E-state index contributed by atoms with van der Waals surface area (Å²) in [5, 5.41) is 13.9. The first-order chi connectivity index (χ1) is 12.3. The normalized spacial score (nSPS) is 11.8. The van der Waals surface area contributed by atoms with Crippen LogP contribution in [0.15, 0.2) is 66.7 Å². The van der Waals surface area contributed by atoms with Crippen molar-refractivity contribution in [2.75, 3.05) is 0 Å². The Labute approximate surface area is 147 Å². The van der Waals surface area contributed by atoms with Crippen molar-refractivity contribution in [2.45, 2.75) is 20.8 Å². The molecule has 120 valence electrons. The number of hydrogen-bond acceptors (Lipinski definition) is 0. The molecule has 0 N–H and O–H groups in total. The van der Waals surface area contributed by atoms with E-state index in [1.54, 1.807) is 0 Å². The SMILES string of the molecule is CC.Cc1ccc2c3cccc4ccc5ccc6ccc1c2c6c5c43. The lowest BCUT2D eigenvalue weighted by Gasteiger charge is -2.18. The van der Waals surface area contributed by atoms with Crippen molar-refractivity contribution in [2.24, 2.45) is 0 Å². The van der Waals surface area contributed by atoms with Gasteiger partial charge in [0.2, 0.25) is 0 Å². The predicted molar refractivity (Wildman–Crippen MR) is 112 cm³/mol. The minimum absolute atomic E-state index is 1.34. The minimum atomic E-state index is 1.34. The van der Waals surface area contributed by atoms with Crippen molar-refractivity contribution in [1.29, 1.82) is 0 Å². The monoisotopic (exact) mass is 320 g/mol. The van der Waals surface area contributed by atoms with Crippen LogP contribution < -0.4 is 0 Å². The molecule has 6 aromatic rings. The molecule has 6 aromatic carbocycles. The van der Waals surface area contributed by atoms with Crippen LogP contribution in [0.4, 0.5) is 0 Å². The van der Waals surface area contributed by atoms with Gasteiger partial charge in [0.1, 0.15) is 0 Å². The van der Waals surface area contributed by atoms with Crippen molar-refractivity contribution in [3.05, 3.63) is 72.3 Å². The van der Waals surface area contributed by atoms with Crippen LogP contribution in [-0.4, -0.2) is 0 Å². The molecule has 0 atom stereocenters. The molecule has 0 heteroatoms. The van der Waals surface area contributed by atoms with Gasteiger partial charge in [-0.3, -0.25) is 0 Å². The molecule has 0 saturated carbocycles. The third kappa shape index (κ3) is 1.72. The summed E-state index contributed by atoms with van der Waals surface area (Å²) in [6, 6.07) is 24.9. The molecular formula is C25H20. The predicted octanol–water partition coefficient (Wildman–Crippen LogP) is 7.66. The van der Waals surface area contributed by atoms with Crippen LogP contribution in [0.1, 0.15) is 19.4 Å². The van der Waals surface area contributed by atoms with Gasteiger partial charge in [0.25, 0.3) is 0 Å². The van der Waals surface area contributed by atoms with Gasteiger partial charge in [-0.15, -0.1) is 0 Å². The lowest BCUT2D eigenvalue weighted by molar-refractivity contribution is 1.50. The maximum Gasteiger partial charge on any atom is -0.00140 e. The summed E-state index contributed by atoms with van der Waals surface area (Å²) < 4.78 is 0. The zero-order valence-electron chi connectivity index (χ0n) is 14.9. The Hall–Kier alpha value is -2.86. The fraction of sp³-hybridized carbons (Fsp3) is 0.120. The molecular weight excluding hydrogens is 300 g/mol. The van der Waals surface area contributed by atoms with E-state index in [4.69, 9.17) is 0 Å². The van der Waals surface area contributed by atoms with Gasteiger partial charge in [0.15, 0.2) is 0 Å². The van der Waals surface area contributed by atoms with Crippen molar-refractivity contribution in [3.8, 4) is 0 Å². The summed E-state index contributed by atoms with van der Waals surface area (Å²) in [5.41, 5.74) is 1.36. The Morgan fingerprint density at radius 1 is 0.440 bits per heavy atom. The second-order valence-corrected chi connectivity index (χ2v) is 6.65. The standard InChI is InChI=1S/C23H14.C2H6/c1-13-5-11-19-18-4-2-3-14-6-7-15-8-9-16-10-12-17(13)23(19)22(16)21(15)20(14)18;1-2/h2-12H,1H3;1-2H3. The maximum absolute atomic E-state index is 2.31. The van der Waals surface area contributed by atoms with Crippen molar-refractivity contribution >= 4 is 53.9 Å². The molecule has 25 heavy (non-hydrogen) atoms. The smallest absolute Gasteiger partial charge is 0.00140 e. The largest absolute Gasteiger partial charge is 0.0683 e. The quantitative estimate of drug-likeness (QED) is 0.199. The molecule has 0 spiro atoms. The zero-order valence-corrected chi connectivity index (χ0v) is 14.9. The lowest BCUT2D eigenvalue weighted by atomic mass is 9.85. The average molecular weight is 320 g/mol. The molecule has 0 bridgehead atoms. The fourth-order valence-electron chi connectivity index (χ4n) is 4.45. The van der Waals surface area contributed by atoms with Crippen LogP contribution in [0.25, 0.3) is 53.9 Å². The fourth-order valence-corrected chi connectivity index (χ4v) is 4.45. The van der Waals surface area contributed by atoms with Crippen LogP contribution in [-0.2, 0) is 0 Å². The topological polar surface area (TPSA) is 0 Å². The molecule has 0 aromatic heterocycles. The van der Waals surface area contributed by atoms with Crippen LogP contribution in [0.3, 0.4) is 0 Å². The second kappa shape index (κ2) is 5.07. The molecule has 0 amide bonds. The third-order valence-electron chi connectivity index (χ3n) is 5.49. The lowest BCUT2D eigenvalue weighted by Crippen LogP contribution is -1.90. The molecule has 0 saturated heterocycles. The van der Waals surface area contributed by atoms with E-state index in [1.165, 1.54) is 59.4 Å². The van der Waals surface area contributed by atoms with E-state index in [2.05, 4.69) is 73.7 Å². The van der Waals surface area contributed by atoms with E-state index < -0.39 is 0 Å². The Balaban J connectivity index is 0.000000679. The molecule has 0 aliphatic heterocycles. The number of hydrogen-bond donors (Lipinski definition) is 0. The average Bonchev–Trinajstić information content (AvgIpc) is 2.68. The van der Waals surface area contributed by atoms with Gasteiger partial charge in [0, 0.05) is 0 Å². The van der Waals surface area contributed by atoms with E-state index in [0.717, 1.165) is 0 Å². The van der Waals surface area contributed by atoms with E-state index >= 15 is 0 Å². The van der Waals surface area contributed by atoms with Crippen molar-refractivity contribution < 1.29 is 0 Å². The maximum atomic E-state index is 2.31. The first kappa shape index (κ1) is 14.5. The van der Waals surface area contributed by atoms with Gasteiger partial charge < -0.3 is 0 Å².